The van der Waals surface area contributed by atoms with E-state index in [4.69, 9.17) is 21.1 Å². The van der Waals surface area contributed by atoms with Gasteiger partial charge in [-0.3, -0.25) is 0 Å². The monoisotopic (exact) mass is 351 g/mol. The first kappa shape index (κ1) is 16.2. The molecular weight excluding hydrogens is 330 g/mol. The van der Waals surface area contributed by atoms with Crippen LogP contribution in [0.3, 0.4) is 0 Å². The van der Waals surface area contributed by atoms with Crippen molar-refractivity contribution in [1.29, 1.82) is 0 Å². The topological polar surface area (TPSA) is 73.3 Å². The highest BCUT2D eigenvalue weighted by Gasteiger charge is 2.75. The van der Waals surface area contributed by atoms with Gasteiger partial charge in [-0.1, -0.05) is 24.9 Å². The van der Waals surface area contributed by atoms with Crippen LogP contribution in [0.15, 0.2) is 6.33 Å². The van der Waals surface area contributed by atoms with Crippen molar-refractivity contribution in [1.82, 2.24) is 9.97 Å². The molecule has 1 N–H and O–H groups in total. The van der Waals surface area contributed by atoms with Crippen LogP contribution in [0, 0.1) is 11.8 Å². The van der Waals surface area contributed by atoms with Crippen molar-refractivity contribution >= 4 is 23.7 Å². The number of rotatable bonds is 5. The highest BCUT2D eigenvalue weighted by Crippen LogP contribution is 2.65. The standard InChI is InChI=1S/C17H22ClN3O3/c1-4-9-11-7-17(11,13-12(9)23-16(2,3)24-13)21-15-10(5-6-22)14(18)19-8-20-15/h6,8-9,11-13H,4-5,7H2,1-3H3,(H,19,20,21)/t9-,11-,12+,13?,17-/m0/s1. The average molecular weight is 352 g/mol. The number of hydrogen-bond donors (Lipinski definition) is 1. The molecule has 0 spiro atoms. The van der Waals surface area contributed by atoms with Crippen molar-refractivity contribution in [2.24, 2.45) is 11.8 Å². The van der Waals surface area contributed by atoms with Gasteiger partial charge in [0.2, 0.25) is 0 Å². The zero-order valence-electron chi connectivity index (χ0n) is 14.1. The number of nitrogens with zero attached hydrogens (tertiary/aromatic N) is 2. The third-order valence-corrected chi connectivity index (χ3v) is 5.96. The molecule has 1 unspecified atom stereocenters. The number of carbonyl (C=O) groups excluding carboxylic acids is 1. The Morgan fingerprint density at radius 2 is 2.21 bits per heavy atom. The summed E-state index contributed by atoms with van der Waals surface area (Å²) in [4.78, 5) is 19.3. The van der Waals surface area contributed by atoms with E-state index in [1.807, 2.05) is 13.8 Å². The molecule has 2 heterocycles. The predicted molar refractivity (Wildman–Crippen MR) is 88.9 cm³/mol. The normalized spacial score (nSPS) is 38.5. The number of hydrogen-bond acceptors (Lipinski definition) is 6. The van der Waals surface area contributed by atoms with Crippen molar-refractivity contribution in [3.8, 4) is 0 Å². The van der Waals surface area contributed by atoms with E-state index in [9.17, 15) is 4.79 Å². The van der Waals surface area contributed by atoms with Crippen LogP contribution >= 0.6 is 11.6 Å². The molecule has 3 aliphatic rings. The van der Waals surface area contributed by atoms with E-state index in [1.165, 1.54) is 6.33 Å². The van der Waals surface area contributed by atoms with Crippen molar-refractivity contribution < 1.29 is 14.3 Å². The summed E-state index contributed by atoms with van der Waals surface area (Å²) in [5, 5.41) is 3.88. The molecule has 0 radical (unpaired) electrons. The Bertz CT molecular complexity index is 683. The summed E-state index contributed by atoms with van der Waals surface area (Å²) in [6, 6.07) is 0. The van der Waals surface area contributed by atoms with Crippen LogP contribution in [0.4, 0.5) is 5.82 Å². The van der Waals surface area contributed by atoms with Crippen LogP contribution in [-0.4, -0.2) is 39.8 Å². The highest BCUT2D eigenvalue weighted by molar-refractivity contribution is 6.30. The lowest BCUT2D eigenvalue weighted by Crippen LogP contribution is -2.40. The first-order valence-electron chi connectivity index (χ1n) is 8.48. The van der Waals surface area contributed by atoms with E-state index in [0.29, 0.717) is 28.4 Å². The second-order valence-corrected chi connectivity index (χ2v) is 7.79. The SMILES string of the molecule is CC[C@@H]1[C@H]2OC(C)(C)OC2[C@]2(Nc3ncnc(Cl)c3CC=O)C[C@@H]12. The molecule has 0 aromatic carbocycles. The summed E-state index contributed by atoms with van der Waals surface area (Å²) in [6.45, 7) is 6.12. The van der Waals surface area contributed by atoms with Gasteiger partial charge in [0.25, 0.3) is 0 Å². The van der Waals surface area contributed by atoms with E-state index < -0.39 is 5.79 Å². The summed E-state index contributed by atoms with van der Waals surface area (Å²) in [5.41, 5.74) is 0.456. The van der Waals surface area contributed by atoms with Gasteiger partial charge in [-0.25, -0.2) is 9.97 Å². The molecule has 2 aliphatic carbocycles. The number of aldehydes is 1. The van der Waals surface area contributed by atoms with Crippen molar-refractivity contribution in [3.05, 3.63) is 17.0 Å². The average Bonchev–Trinajstić information content (AvgIpc) is 3.05. The first-order chi connectivity index (χ1) is 11.4. The largest absolute Gasteiger partial charge is 0.361 e. The summed E-state index contributed by atoms with van der Waals surface area (Å²) >= 11 is 6.16. The molecular formula is C17H22ClN3O3. The van der Waals surface area contributed by atoms with Crippen LogP contribution in [0.5, 0.6) is 0 Å². The Labute approximate surface area is 146 Å². The minimum atomic E-state index is -0.570. The lowest BCUT2D eigenvalue weighted by atomic mass is 9.97. The fourth-order valence-corrected chi connectivity index (χ4v) is 4.82. The number of nitrogens with one attached hydrogen (secondary N) is 1. The maximum Gasteiger partial charge on any atom is 0.163 e. The number of halogens is 1. The number of ether oxygens (including phenoxy) is 2. The van der Waals surface area contributed by atoms with Crippen molar-refractivity contribution in [2.75, 3.05) is 5.32 Å². The van der Waals surface area contributed by atoms with Crippen molar-refractivity contribution in [3.63, 3.8) is 0 Å². The maximum atomic E-state index is 11.0. The Morgan fingerprint density at radius 3 is 2.92 bits per heavy atom. The Morgan fingerprint density at radius 1 is 1.42 bits per heavy atom. The molecule has 1 saturated heterocycles. The molecule has 0 amide bonds. The minimum absolute atomic E-state index is 0.0136. The van der Waals surface area contributed by atoms with Gasteiger partial charge in [0.05, 0.1) is 11.6 Å². The van der Waals surface area contributed by atoms with Crippen LogP contribution in [0.25, 0.3) is 0 Å². The third-order valence-electron chi connectivity index (χ3n) is 5.64. The van der Waals surface area contributed by atoms with Crippen LogP contribution in [0.1, 0.15) is 39.2 Å². The van der Waals surface area contributed by atoms with Gasteiger partial charge in [0.15, 0.2) is 5.79 Å². The molecule has 1 aromatic rings. The summed E-state index contributed by atoms with van der Waals surface area (Å²) < 4.78 is 12.4. The Balaban J connectivity index is 1.66. The van der Waals surface area contributed by atoms with Crippen LogP contribution in [-0.2, 0) is 20.7 Å². The number of anilines is 1. The second-order valence-electron chi connectivity index (χ2n) is 7.43. The van der Waals surface area contributed by atoms with Gasteiger partial charge in [0, 0.05) is 12.0 Å². The zero-order valence-corrected chi connectivity index (χ0v) is 14.8. The van der Waals surface area contributed by atoms with Crippen LogP contribution in [0.2, 0.25) is 5.15 Å². The highest BCUT2D eigenvalue weighted by atomic mass is 35.5. The number of aromatic nitrogens is 2. The van der Waals surface area contributed by atoms with E-state index in [2.05, 4.69) is 22.2 Å². The first-order valence-corrected chi connectivity index (χ1v) is 8.86. The quantitative estimate of drug-likeness (QED) is 0.649. The summed E-state index contributed by atoms with van der Waals surface area (Å²) in [7, 11) is 0. The number of fused-ring (bicyclic) bond motifs is 3. The fourth-order valence-electron chi connectivity index (χ4n) is 4.61. The van der Waals surface area contributed by atoms with Gasteiger partial charge in [-0.2, -0.15) is 0 Å². The zero-order chi connectivity index (χ0) is 17.1. The lowest BCUT2D eigenvalue weighted by Gasteiger charge is -2.26. The van der Waals surface area contributed by atoms with Crippen molar-refractivity contribution in [2.45, 2.75) is 63.6 Å². The third kappa shape index (κ3) is 2.27. The molecule has 24 heavy (non-hydrogen) atoms. The molecule has 7 heteroatoms. The Hall–Kier alpha value is -1.24. The maximum absolute atomic E-state index is 11.0. The van der Waals surface area contributed by atoms with Crippen LogP contribution < -0.4 is 5.32 Å². The van der Waals surface area contributed by atoms with E-state index in [-0.39, 0.29) is 24.2 Å². The molecule has 0 bridgehead atoms. The van der Waals surface area contributed by atoms with Gasteiger partial charge in [-0.05, 0) is 32.1 Å². The summed E-state index contributed by atoms with van der Waals surface area (Å²) in [6.07, 6.45) is 4.60. The van der Waals surface area contributed by atoms with E-state index in [1.54, 1.807) is 0 Å². The molecule has 1 aromatic heterocycles. The van der Waals surface area contributed by atoms with Gasteiger partial charge in [-0.15, -0.1) is 0 Å². The van der Waals surface area contributed by atoms with E-state index in [0.717, 1.165) is 19.1 Å². The molecule has 6 nitrogen and oxygen atoms in total. The molecule has 3 fully saturated rings. The molecule has 4 rings (SSSR count). The molecule has 5 atom stereocenters. The fraction of sp³-hybridized carbons (Fsp3) is 0.706. The Kier molecular flexibility index (Phi) is 3.64. The van der Waals surface area contributed by atoms with Gasteiger partial charge in [0.1, 0.15) is 29.7 Å². The predicted octanol–water partition coefficient (Wildman–Crippen LogP) is 2.60. The minimum Gasteiger partial charge on any atom is -0.361 e. The molecule has 130 valence electrons. The lowest BCUT2D eigenvalue weighted by molar-refractivity contribution is -0.157. The van der Waals surface area contributed by atoms with E-state index >= 15 is 0 Å². The number of carbonyl (C=O) groups is 1. The van der Waals surface area contributed by atoms with Gasteiger partial charge >= 0.3 is 0 Å². The van der Waals surface area contributed by atoms with Gasteiger partial charge < -0.3 is 19.6 Å². The second kappa shape index (κ2) is 5.38. The smallest absolute Gasteiger partial charge is 0.163 e. The summed E-state index contributed by atoms with van der Waals surface area (Å²) in [5.74, 6) is 1.02. The molecule has 2 saturated carbocycles. The molecule has 1 aliphatic heterocycles.